The summed E-state index contributed by atoms with van der Waals surface area (Å²) in [7, 11) is 2.00. The van der Waals surface area contributed by atoms with Gasteiger partial charge in [-0.05, 0) is 0 Å². The second-order valence-corrected chi connectivity index (χ2v) is 3.55. The average molecular weight is 182 g/mol. The molecule has 0 amide bonds. The molecular weight excluding hydrogens is 166 g/mol. The van der Waals surface area contributed by atoms with Crippen molar-refractivity contribution in [1.29, 1.82) is 0 Å². The molecule has 2 rings (SSSR count). The van der Waals surface area contributed by atoms with Gasteiger partial charge in [-0.15, -0.1) is 0 Å². The fourth-order valence-corrected chi connectivity index (χ4v) is 1.63. The largest absolute Gasteiger partial charge is 0.378 e. The summed E-state index contributed by atoms with van der Waals surface area (Å²) in [5.41, 5.74) is 1.32. The van der Waals surface area contributed by atoms with Crippen LogP contribution in [0.15, 0.2) is 5.10 Å². The van der Waals surface area contributed by atoms with Gasteiger partial charge in [-0.3, -0.25) is 0 Å². The van der Waals surface area contributed by atoms with E-state index in [-0.39, 0.29) is 0 Å². The van der Waals surface area contributed by atoms with Crippen LogP contribution >= 0.6 is 0 Å². The molecule has 0 radical (unpaired) electrons. The molecule has 0 spiro atoms. The highest BCUT2D eigenvalue weighted by Crippen LogP contribution is 2.07. The lowest BCUT2D eigenvalue weighted by atomic mass is 10.2. The number of morpholine rings is 1. The van der Waals surface area contributed by atoms with E-state index in [1.807, 2.05) is 11.7 Å². The second kappa shape index (κ2) is 3.46. The van der Waals surface area contributed by atoms with Crippen LogP contribution in [0.1, 0.15) is 13.3 Å². The fourth-order valence-electron chi connectivity index (χ4n) is 1.63. The second-order valence-electron chi connectivity index (χ2n) is 3.55. The van der Waals surface area contributed by atoms with Crippen molar-refractivity contribution in [3.8, 4) is 0 Å². The predicted octanol–water partition coefficient (Wildman–Crippen LogP) is 0.139. The van der Waals surface area contributed by atoms with E-state index in [1.165, 1.54) is 11.5 Å². The van der Waals surface area contributed by atoms with E-state index in [1.54, 1.807) is 0 Å². The Kier molecular flexibility index (Phi) is 2.31. The standard InChI is InChI=1S/C9H16N3O/c1-8-7-9(10-11(8)2)12-3-5-13-6-4-12/h3-7H2,1-2H3/q+1. The van der Waals surface area contributed by atoms with Gasteiger partial charge in [0, 0.05) is 25.1 Å². The van der Waals surface area contributed by atoms with E-state index in [0.717, 1.165) is 32.7 Å². The summed E-state index contributed by atoms with van der Waals surface area (Å²) in [6, 6.07) is 0. The molecule has 2 aliphatic heterocycles. The average Bonchev–Trinajstić information content (AvgIpc) is 2.49. The molecule has 0 aromatic heterocycles. The van der Waals surface area contributed by atoms with Crippen LogP contribution in [0.25, 0.3) is 0 Å². The van der Waals surface area contributed by atoms with Crippen molar-refractivity contribution in [3.63, 3.8) is 0 Å². The number of nitrogens with zero attached hydrogens (tertiary/aromatic N) is 3. The quantitative estimate of drug-likeness (QED) is 0.498. The highest BCUT2D eigenvalue weighted by atomic mass is 16.5. The van der Waals surface area contributed by atoms with E-state index in [4.69, 9.17) is 4.74 Å². The number of amidine groups is 1. The zero-order valence-electron chi connectivity index (χ0n) is 8.29. The molecule has 2 aliphatic rings. The Morgan fingerprint density at radius 1 is 1.38 bits per heavy atom. The van der Waals surface area contributed by atoms with Crippen LogP contribution < -0.4 is 0 Å². The van der Waals surface area contributed by atoms with Crippen molar-refractivity contribution >= 4 is 11.5 Å². The molecule has 1 saturated heterocycles. The summed E-state index contributed by atoms with van der Waals surface area (Å²) in [5.74, 6) is 1.20. The Morgan fingerprint density at radius 3 is 2.62 bits per heavy atom. The van der Waals surface area contributed by atoms with Crippen molar-refractivity contribution in [2.24, 2.45) is 5.10 Å². The maximum absolute atomic E-state index is 5.30. The molecule has 0 unspecified atom stereocenters. The van der Waals surface area contributed by atoms with E-state index in [2.05, 4.69) is 16.9 Å². The smallest absolute Gasteiger partial charge is 0.189 e. The summed E-state index contributed by atoms with van der Waals surface area (Å²) in [4.78, 5) is 2.32. The Labute approximate surface area is 78.5 Å². The van der Waals surface area contributed by atoms with Crippen LogP contribution in [0, 0.1) is 0 Å². The lowest BCUT2D eigenvalue weighted by Crippen LogP contribution is -2.40. The van der Waals surface area contributed by atoms with Gasteiger partial charge < -0.3 is 9.64 Å². The van der Waals surface area contributed by atoms with Gasteiger partial charge in [-0.25, -0.2) is 0 Å². The normalized spacial score (nSPS) is 23.8. The summed E-state index contributed by atoms with van der Waals surface area (Å²) < 4.78 is 7.26. The highest BCUT2D eigenvalue weighted by molar-refractivity contribution is 6.02. The van der Waals surface area contributed by atoms with Gasteiger partial charge in [0.2, 0.25) is 0 Å². The van der Waals surface area contributed by atoms with Crippen molar-refractivity contribution < 1.29 is 9.42 Å². The Balaban J connectivity index is 2.00. The number of rotatable bonds is 0. The minimum atomic E-state index is 0.835. The molecule has 1 fully saturated rings. The topological polar surface area (TPSA) is 27.8 Å². The lowest BCUT2D eigenvalue weighted by Gasteiger charge is -2.26. The SMILES string of the molecule is CC1=[N+](C)N=C(N2CCOCC2)C1. The number of hydrazone groups is 1. The molecule has 0 aliphatic carbocycles. The molecule has 0 N–H and O–H groups in total. The molecule has 13 heavy (non-hydrogen) atoms. The molecule has 4 nitrogen and oxygen atoms in total. The highest BCUT2D eigenvalue weighted by Gasteiger charge is 2.25. The minimum absolute atomic E-state index is 0.835. The maximum atomic E-state index is 5.30. The lowest BCUT2D eigenvalue weighted by molar-refractivity contribution is -0.500. The monoisotopic (exact) mass is 182 g/mol. The number of hydrogen-bond acceptors (Lipinski definition) is 3. The van der Waals surface area contributed by atoms with Crippen LogP contribution in [0.4, 0.5) is 0 Å². The molecule has 0 aromatic rings. The molecular formula is C9H16N3O+. The third-order valence-corrected chi connectivity index (χ3v) is 2.61. The van der Waals surface area contributed by atoms with E-state index >= 15 is 0 Å². The van der Waals surface area contributed by atoms with Crippen molar-refractivity contribution in [3.05, 3.63) is 0 Å². The molecule has 0 saturated carbocycles. The van der Waals surface area contributed by atoms with Gasteiger partial charge in [-0.2, -0.15) is 0 Å². The zero-order valence-corrected chi connectivity index (χ0v) is 8.29. The Bertz CT molecular complexity index is 264. The van der Waals surface area contributed by atoms with E-state index < -0.39 is 0 Å². The van der Waals surface area contributed by atoms with Crippen LogP contribution in [-0.2, 0) is 4.74 Å². The summed E-state index contributed by atoms with van der Waals surface area (Å²) in [5, 5.41) is 4.48. The molecule has 0 atom stereocenters. The fraction of sp³-hybridized carbons (Fsp3) is 0.778. The molecule has 0 aromatic carbocycles. The summed E-state index contributed by atoms with van der Waals surface area (Å²) in [6.07, 6.45) is 0.997. The number of ether oxygens (including phenoxy) is 1. The molecule has 0 bridgehead atoms. The Hall–Kier alpha value is -0.900. The summed E-state index contributed by atoms with van der Waals surface area (Å²) >= 11 is 0. The molecule has 72 valence electrons. The van der Waals surface area contributed by atoms with Crippen LogP contribution in [0.5, 0.6) is 0 Å². The third-order valence-electron chi connectivity index (χ3n) is 2.61. The van der Waals surface area contributed by atoms with Crippen LogP contribution in [0.3, 0.4) is 0 Å². The zero-order chi connectivity index (χ0) is 9.26. The van der Waals surface area contributed by atoms with Crippen LogP contribution in [-0.4, -0.2) is 54.5 Å². The van der Waals surface area contributed by atoms with Crippen molar-refractivity contribution in [2.75, 3.05) is 33.4 Å². The van der Waals surface area contributed by atoms with Gasteiger partial charge in [0.15, 0.2) is 18.6 Å². The van der Waals surface area contributed by atoms with Crippen LogP contribution in [0.2, 0.25) is 0 Å². The van der Waals surface area contributed by atoms with Gasteiger partial charge in [0.25, 0.3) is 0 Å². The van der Waals surface area contributed by atoms with E-state index in [9.17, 15) is 0 Å². The number of hydrogen-bond donors (Lipinski definition) is 0. The van der Waals surface area contributed by atoms with E-state index in [0.29, 0.717) is 0 Å². The van der Waals surface area contributed by atoms with Gasteiger partial charge in [0.05, 0.1) is 19.6 Å². The predicted molar refractivity (Wildman–Crippen MR) is 51.3 cm³/mol. The van der Waals surface area contributed by atoms with Gasteiger partial charge >= 0.3 is 0 Å². The first kappa shape index (κ1) is 8.69. The molecule has 2 heterocycles. The van der Waals surface area contributed by atoms with Gasteiger partial charge in [-0.1, -0.05) is 4.68 Å². The maximum Gasteiger partial charge on any atom is 0.189 e. The van der Waals surface area contributed by atoms with Crippen molar-refractivity contribution in [1.82, 2.24) is 4.90 Å². The molecule has 4 heteroatoms. The summed E-state index contributed by atoms with van der Waals surface area (Å²) in [6.45, 7) is 5.76. The Morgan fingerprint density at radius 2 is 2.08 bits per heavy atom. The first-order chi connectivity index (χ1) is 6.27. The van der Waals surface area contributed by atoms with Crippen molar-refractivity contribution in [2.45, 2.75) is 13.3 Å². The first-order valence-electron chi connectivity index (χ1n) is 4.73. The third kappa shape index (κ3) is 1.72. The first-order valence-corrected chi connectivity index (χ1v) is 4.73. The minimum Gasteiger partial charge on any atom is -0.378 e. The van der Waals surface area contributed by atoms with Gasteiger partial charge in [0.1, 0.15) is 0 Å².